The Hall–Kier alpha value is -2.40. The maximum atomic E-state index is 12.1. The first kappa shape index (κ1) is 40.6. The molecule has 0 saturated heterocycles. The summed E-state index contributed by atoms with van der Waals surface area (Å²) in [7, 11) is 0. The van der Waals surface area contributed by atoms with Crippen molar-refractivity contribution in [3.05, 3.63) is 60.8 Å². The van der Waals surface area contributed by atoms with E-state index in [1.165, 1.54) is 57.8 Å². The molecule has 246 valence electrons. The number of hydrogen-bond donors (Lipinski definition) is 1. The molecule has 0 aliphatic rings. The number of aliphatic hydroxyl groups is 1. The van der Waals surface area contributed by atoms with E-state index < -0.39 is 6.10 Å². The van der Waals surface area contributed by atoms with Crippen LogP contribution in [0.4, 0.5) is 0 Å². The molecule has 1 atom stereocenters. The van der Waals surface area contributed by atoms with Gasteiger partial charge in [-0.05, 0) is 51.4 Å². The summed E-state index contributed by atoms with van der Waals surface area (Å²) >= 11 is 0. The second-order valence-electron chi connectivity index (χ2n) is 11.2. The topological polar surface area (TPSA) is 72.8 Å². The highest BCUT2D eigenvalue weighted by atomic mass is 16.6. The van der Waals surface area contributed by atoms with Crippen molar-refractivity contribution in [2.45, 2.75) is 155 Å². The van der Waals surface area contributed by atoms with Gasteiger partial charge in [0.2, 0.25) is 0 Å². The van der Waals surface area contributed by atoms with Gasteiger partial charge in [-0.25, -0.2) is 0 Å². The third kappa shape index (κ3) is 32.4. The molecule has 0 bridgehead atoms. The van der Waals surface area contributed by atoms with E-state index in [1.807, 2.05) is 0 Å². The van der Waals surface area contributed by atoms with E-state index in [1.54, 1.807) is 0 Å². The Morgan fingerprint density at radius 1 is 0.558 bits per heavy atom. The lowest BCUT2D eigenvalue weighted by Crippen LogP contribution is -2.28. The monoisotopic (exact) mass is 600 g/mol. The van der Waals surface area contributed by atoms with Crippen LogP contribution in [0.25, 0.3) is 0 Å². The molecule has 0 saturated carbocycles. The molecule has 5 heteroatoms. The first-order valence-electron chi connectivity index (χ1n) is 17.3. The first-order chi connectivity index (χ1) is 21.1. The van der Waals surface area contributed by atoms with Gasteiger partial charge in [0.1, 0.15) is 6.61 Å². The number of rotatable bonds is 30. The fourth-order valence-corrected chi connectivity index (χ4v) is 4.47. The molecule has 0 amide bonds. The second-order valence-corrected chi connectivity index (χ2v) is 11.2. The predicted octanol–water partition coefficient (Wildman–Crippen LogP) is 10.4. The van der Waals surface area contributed by atoms with Gasteiger partial charge in [0.05, 0.1) is 6.61 Å². The summed E-state index contributed by atoms with van der Waals surface area (Å²) in [4.78, 5) is 24.1. The minimum atomic E-state index is -0.799. The number of unbranched alkanes of at least 4 members (excludes halogenated alkanes) is 12. The number of allylic oxidation sites excluding steroid dienone is 10. The highest BCUT2D eigenvalue weighted by molar-refractivity contribution is 5.70. The standard InChI is InChI=1S/C38H64O5/c1-3-5-7-9-11-13-15-17-18-19-20-21-23-25-27-29-31-33-38(41)43-36(34-39)35-42-37(40)32-30-28-26-24-22-16-14-12-10-8-6-4-2/h5,7,11,13,17-18,20-21,25,27,36,39H,3-4,6,8-10,12,14-16,19,22-24,26,28-35H2,1-2H3/b7-5-,13-11-,18-17-,21-20-,27-25-. The lowest BCUT2D eigenvalue weighted by molar-refractivity contribution is -0.161. The molecule has 0 radical (unpaired) electrons. The number of carbonyl (C=O) groups excluding carboxylic acids is 2. The number of carbonyl (C=O) groups is 2. The van der Waals surface area contributed by atoms with Crippen molar-refractivity contribution in [2.24, 2.45) is 0 Å². The molecule has 0 heterocycles. The number of esters is 2. The van der Waals surface area contributed by atoms with Crippen molar-refractivity contribution in [1.29, 1.82) is 0 Å². The van der Waals surface area contributed by atoms with Crippen molar-refractivity contribution < 1.29 is 24.2 Å². The molecule has 0 fully saturated rings. The molecule has 5 nitrogen and oxygen atoms in total. The van der Waals surface area contributed by atoms with E-state index in [0.29, 0.717) is 12.8 Å². The second kappa shape index (κ2) is 34.1. The zero-order chi connectivity index (χ0) is 31.5. The normalized spacial score (nSPS) is 12.9. The van der Waals surface area contributed by atoms with Gasteiger partial charge in [-0.2, -0.15) is 0 Å². The minimum absolute atomic E-state index is 0.0892. The van der Waals surface area contributed by atoms with Crippen LogP contribution in [0.15, 0.2) is 60.8 Å². The fraction of sp³-hybridized carbons (Fsp3) is 0.684. The predicted molar refractivity (Wildman–Crippen MR) is 182 cm³/mol. The summed E-state index contributed by atoms with van der Waals surface area (Å²) in [6.45, 7) is 3.95. The summed E-state index contributed by atoms with van der Waals surface area (Å²) in [6, 6.07) is 0. The van der Waals surface area contributed by atoms with Crippen molar-refractivity contribution in [3.8, 4) is 0 Å². The Balaban J connectivity index is 3.71. The quantitative estimate of drug-likeness (QED) is 0.0504. The summed E-state index contributed by atoms with van der Waals surface area (Å²) in [5, 5.41) is 9.50. The highest BCUT2D eigenvalue weighted by Gasteiger charge is 2.15. The Bertz CT molecular complexity index is 777. The third-order valence-corrected chi connectivity index (χ3v) is 7.08. The summed E-state index contributed by atoms with van der Waals surface area (Å²) < 4.78 is 10.5. The van der Waals surface area contributed by atoms with Gasteiger partial charge in [-0.15, -0.1) is 0 Å². The van der Waals surface area contributed by atoms with Gasteiger partial charge < -0.3 is 14.6 Å². The molecule has 0 aromatic carbocycles. The highest BCUT2D eigenvalue weighted by Crippen LogP contribution is 2.13. The Kier molecular flexibility index (Phi) is 32.2. The van der Waals surface area contributed by atoms with Crippen molar-refractivity contribution in [2.75, 3.05) is 13.2 Å². The number of ether oxygens (including phenoxy) is 2. The maximum absolute atomic E-state index is 12.1. The first-order valence-corrected chi connectivity index (χ1v) is 17.3. The van der Waals surface area contributed by atoms with Crippen LogP contribution < -0.4 is 0 Å². The van der Waals surface area contributed by atoms with Gasteiger partial charge in [0.25, 0.3) is 0 Å². The molecule has 0 rings (SSSR count). The van der Waals surface area contributed by atoms with E-state index in [9.17, 15) is 14.7 Å². The van der Waals surface area contributed by atoms with Crippen molar-refractivity contribution in [1.82, 2.24) is 0 Å². The third-order valence-electron chi connectivity index (χ3n) is 7.08. The van der Waals surface area contributed by atoms with Crippen LogP contribution in [0.3, 0.4) is 0 Å². The Morgan fingerprint density at radius 2 is 1.00 bits per heavy atom. The summed E-state index contributed by atoms with van der Waals surface area (Å²) in [5.41, 5.74) is 0. The molecule has 43 heavy (non-hydrogen) atoms. The lowest BCUT2D eigenvalue weighted by atomic mass is 10.0. The fourth-order valence-electron chi connectivity index (χ4n) is 4.47. The van der Waals surface area contributed by atoms with Gasteiger partial charge in [0, 0.05) is 12.8 Å². The smallest absolute Gasteiger partial charge is 0.306 e. The van der Waals surface area contributed by atoms with Crippen LogP contribution in [0.1, 0.15) is 149 Å². The largest absolute Gasteiger partial charge is 0.462 e. The van der Waals surface area contributed by atoms with E-state index in [4.69, 9.17) is 9.47 Å². The average Bonchev–Trinajstić information content (AvgIpc) is 3.01. The maximum Gasteiger partial charge on any atom is 0.306 e. The number of hydrogen-bond acceptors (Lipinski definition) is 5. The van der Waals surface area contributed by atoms with Crippen molar-refractivity contribution >= 4 is 11.9 Å². The Morgan fingerprint density at radius 3 is 1.49 bits per heavy atom. The van der Waals surface area contributed by atoms with Crippen LogP contribution in [-0.4, -0.2) is 36.4 Å². The van der Waals surface area contributed by atoms with E-state index in [0.717, 1.165) is 57.8 Å². The molecule has 1 unspecified atom stereocenters. The van der Waals surface area contributed by atoms with E-state index in [2.05, 4.69) is 74.6 Å². The van der Waals surface area contributed by atoms with E-state index >= 15 is 0 Å². The van der Waals surface area contributed by atoms with Crippen LogP contribution in [-0.2, 0) is 19.1 Å². The zero-order valence-corrected chi connectivity index (χ0v) is 27.7. The molecule has 0 aromatic heterocycles. The Labute approximate surface area is 264 Å². The lowest BCUT2D eigenvalue weighted by Gasteiger charge is -2.15. The summed E-state index contributed by atoms with van der Waals surface area (Å²) in [6.07, 6.45) is 42.8. The van der Waals surface area contributed by atoms with Gasteiger partial charge >= 0.3 is 11.9 Å². The molecule has 0 spiro atoms. The molecular weight excluding hydrogens is 536 g/mol. The van der Waals surface area contributed by atoms with Crippen LogP contribution in [0.5, 0.6) is 0 Å². The van der Waals surface area contributed by atoms with E-state index in [-0.39, 0.29) is 31.6 Å². The molecule has 0 aliphatic heterocycles. The molecule has 0 aromatic rings. The van der Waals surface area contributed by atoms with Crippen LogP contribution in [0.2, 0.25) is 0 Å². The zero-order valence-electron chi connectivity index (χ0n) is 27.7. The molecule has 0 aliphatic carbocycles. The molecular formula is C38H64O5. The van der Waals surface area contributed by atoms with Gasteiger partial charge in [-0.3, -0.25) is 9.59 Å². The number of aliphatic hydroxyl groups excluding tert-OH is 1. The van der Waals surface area contributed by atoms with Crippen LogP contribution >= 0.6 is 0 Å². The minimum Gasteiger partial charge on any atom is -0.462 e. The van der Waals surface area contributed by atoms with Crippen LogP contribution in [0, 0.1) is 0 Å². The van der Waals surface area contributed by atoms with Gasteiger partial charge in [-0.1, -0.05) is 145 Å². The van der Waals surface area contributed by atoms with Gasteiger partial charge in [0.15, 0.2) is 6.10 Å². The molecule has 1 N–H and O–H groups in total. The average molecular weight is 601 g/mol. The SMILES string of the molecule is CC/C=C\C/C=C\C/C=C\C/C=C\C/C=C\CCCC(=O)OC(CO)COC(=O)CCCCCCCCCCCCCC. The summed E-state index contributed by atoms with van der Waals surface area (Å²) in [5.74, 6) is -0.664. The van der Waals surface area contributed by atoms with Crippen molar-refractivity contribution in [3.63, 3.8) is 0 Å².